The molecule has 0 saturated carbocycles. The molecule has 0 saturated heterocycles. The highest BCUT2D eigenvalue weighted by Crippen LogP contribution is 2.36. The number of carbonyl (C=O) groups is 1. The van der Waals surface area contributed by atoms with Crippen LogP contribution < -0.4 is 10.2 Å². The molecule has 0 aliphatic carbocycles. The summed E-state index contributed by atoms with van der Waals surface area (Å²) in [7, 11) is 1.28. The normalized spacial score (nSPS) is 10.9. The van der Waals surface area contributed by atoms with E-state index in [9.17, 15) is 20.0 Å². The number of nitrogens with one attached hydrogen (secondary N) is 1. The number of hydrogen-bond donors (Lipinski definition) is 2. The Kier molecular flexibility index (Phi) is 6.39. The molecule has 30 heavy (non-hydrogen) atoms. The fourth-order valence-corrected chi connectivity index (χ4v) is 3.00. The number of benzene rings is 3. The maximum atomic E-state index is 12.9. The van der Waals surface area contributed by atoms with E-state index < -0.39 is 22.3 Å². The molecule has 3 aromatic rings. The second-order valence-corrected chi connectivity index (χ2v) is 6.34. The molecule has 0 fully saturated rings. The van der Waals surface area contributed by atoms with Gasteiger partial charge in [0, 0.05) is 11.6 Å². The molecule has 0 bridgehead atoms. The number of amides is 1. The van der Waals surface area contributed by atoms with Crippen LogP contribution in [0.4, 0.5) is 5.69 Å². The largest absolute Gasteiger partial charge is 0.500 e. The second-order valence-electron chi connectivity index (χ2n) is 6.34. The van der Waals surface area contributed by atoms with E-state index in [0.29, 0.717) is 0 Å². The topological polar surface area (TPSA) is 114 Å². The molecule has 8 heteroatoms. The summed E-state index contributed by atoms with van der Waals surface area (Å²) in [5, 5.41) is 24.9. The second kappa shape index (κ2) is 9.33. The summed E-state index contributed by atoms with van der Waals surface area (Å²) in [6, 6.07) is 21.1. The Hall–Kier alpha value is -4.20. The van der Waals surface area contributed by atoms with E-state index in [1.165, 1.54) is 19.4 Å². The number of hydrogen-bond acceptors (Lipinski definition) is 6. The van der Waals surface area contributed by atoms with Crippen LogP contribution in [-0.2, 0) is 4.79 Å². The Labute approximate surface area is 172 Å². The summed E-state index contributed by atoms with van der Waals surface area (Å²) in [6.45, 7) is 0. The number of nitrogens with zero attached hydrogens (tertiary/aromatic N) is 2. The maximum absolute atomic E-state index is 12.9. The van der Waals surface area contributed by atoms with Crippen LogP contribution in [0.1, 0.15) is 22.6 Å². The van der Waals surface area contributed by atoms with Gasteiger partial charge >= 0.3 is 5.69 Å². The predicted octanol–water partition coefficient (Wildman–Crippen LogP) is 3.59. The molecule has 3 aromatic carbocycles. The number of phenols is 1. The van der Waals surface area contributed by atoms with Crippen LogP contribution in [0.25, 0.3) is 0 Å². The van der Waals surface area contributed by atoms with Gasteiger partial charge in [-0.1, -0.05) is 60.7 Å². The van der Waals surface area contributed by atoms with Crippen molar-refractivity contribution in [3.05, 3.63) is 99.6 Å². The number of rotatable bonds is 7. The van der Waals surface area contributed by atoms with Crippen molar-refractivity contribution >= 4 is 17.8 Å². The monoisotopic (exact) mass is 405 g/mol. The molecular weight excluding hydrogens is 386 g/mol. The van der Waals surface area contributed by atoms with Gasteiger partial charge in [0.2, 0.25) is 5.75 Å². The van der Waals surface area contributed by atoms with Gasteiger partial charge < -0.3 is 9.84 Å². The molecule has 0 heterocycles. The van der Waals surface area contributed by atoms with Crippen molar-refractivity contribution in [3.8, 4) is 11.5 Å². The third kappa shape index (κ3) is 4.61. The summed E-state index contributed by atoms with van der Waals surface area (Å²) in [6.07, 6.45) is 1.25. The first-order chi connectivity index (χ1) is 14.5. The molecule has 152 valence electrons. The summed E-state index contributed by atoms with van der Waals surface area (Å²) in [5.74, 6) is -1.57. The summed E-state index contributed by atoms with van der Waals surface area (Å²) >= 11 is 0. The van der Waals surface area contributed by atoms with Gasteiger partial charge in [-0.3, -0.25) is 14.9 Å². The number of hydrazone groups is 1. The van der Waals surface area contributed by atoms with Crippen molar-refractivity contribution < 1.29 is 19.6 Å². The van der Waals surface area contributed by atoms with Crippen LogP contribution in [-0.4, -0.2) is 29.3 Å². The molecule has 0 radical (unpaired) electrons. The number of nitro groups is 1. The van der Waals surface area contributed by atoms with Crippen LogP contribution in [0.15, 0.2) is 77.9 Å². The first kappa shape index (κ1) is 20.5. The number of ether oxygens (including phenoxy) is 1. The van der Waals surface area contributed by atoms with Gasteiger partial charge in [0.05, 0.1) is 24.2 Å². The highest BCUT2D eigenvalue weighted by atomic mass is 16.6. The first-order valence-electron chi connectivity index (χ1n) is 8.99. The van der Waals surface area contributed by atoms with E-state index >= 15 is 0 Å². The van der Waals surface area contributed by atoms with Crippen LogP contribution in [0, 0.1) is 10.1 Å². The van der Waals surface area contributed by atoms with E-state index in [-0.39, 0.29) is 17.2 Å². The van der Waals surface area contributed by atoms with E-state index in [1.807, 2.05) is 60.7 Å². The molecule has 0 unspecified atom stereocenters. The number of aromatic hydroxyl groups is 1. The fraction of sp³-hybridized carbons (Fsp3) is 0.0909. The Bertz CT molecular complexity index is 1030. The lowest BCUT2D eigenvalue weighted by Gasteiger charge is -2.16. The molecule has 2 N–H and O–H groups in total. The third-order valence-electron chi connectivity index (χ3n) is 4.41. The quantitative estimate of drug-likeness (QED) is 0.354. The minimum Gasteiger partial charge on any atom is -0.500 e. The van der Waals surface area contributed by atoms with Crippen molar-refractivity contribution in [1.82, 2.24) is 5.43 Å². The van der Waals surface area contributed by atoms with Crippen molar-refractivity contribution in [1.29, 1.82) is 0 Å². The standard InChI is InChI=1S/C22H19N3O5/c1-30-19-13-15(12-18(21(19)26)25(28)29)14-23-24-22(27)20(16-8-4-2-5-9-16)17-10-6-3-7-11-17/h2-14,20,26H,1H3,(H,24,27)/b23-14+. The van der Waals surface area contributed by atoms with Gasteiger partial charge in [0.1, 0.15) is 0 Å². The Morgan fingerprint density at radius 1 is 1.10 bits per heavy atom. The Morgan fingerprint density at radius 2 is 1.67 bits per heavy atom. The average Bonchev–Trinajstić information content (AvgIpc) is 2.76. The highest BCUT2D eigenvalue weighted by molar-refractivity contribution is 5.89. The van der Waals surface area contributed by atoms with Crippen LogP contribution in [0.5, 0.6) is 11.5 Å². The molecule has 0 aromatic heterocycles. The lowest BCUT2D eigenvalue weighted by molar-refractivity contribution is -0.386. The molecule has 8 nitrogen and oxygen atoms in total. The highest BCUT2D eigenvalue weighted by Gasteiger charge is 2.22. The van der Waals surface area contributed by atoms with Gasteiger partial charge in [-0.05, 0) is 17.2 Å². The van der Waals surface area contributed by atoms with E-state index in [1.54, 1.807) is 0 Å². The Morgan fingerprint density at radius 3 is 2.17 bits per heavy atom. The lowest BCUT2D eigenvalue weighted by atomic mass is 9.91. The number of nitro benzene ring substituents is 1. The summed E-state index contributed by atoms with van der Waals surface area (Å²) < 4.78 is 4.95. The van der Waals surface area contributed by atoms with Crippen molar-refractivity contribution in [2.24, 2.45) is 5.10 Å². The predicted molar refractivity (Wildman–Crippen MR) is 112 cm³/mol. The molecule has 1 amide bonds. The zero-order valence-electron chi connectivity index (χ0n) is 16.1. The summed E-state index contributed by atoms with van der Waals surface area (Å²) in [5.41, 5.74) is 3.86. The molecule has 0 aliphatic heterocycles. The summed E-state index contributed by atoms with van der Waals surface area (Å²) in [4.78, 5) is 23.3. The zero-order valence-corrected chi connectivity index (χ0v) is 16.1. The molecule has 0 aliphatic rings. The SMILES string of the molecule is COc1cc(/C=N/NC(=O)C(c2ccccc2)c2ccccc2)cc([N+](=O)[O-])c1O. The number of methoxy groups -OCH3 is 1. The van der Waals surface area contributed by atoms with Crippen molar-refractivity contribution in [2.45, 2.75) is 5.92 Å². The molecule has 3 rings (SSSR count). The zero-order chi connectivity index (χ0) is 21.5. The van der Waals surface area contributed by atoms with Gasteiger partial charge in [0.25, 0.3) is 5.91 Å². The molecular formula is C22H19N3O5. The van der Waals surface area contributed by atoms with Crippen molar-refractivity contribution in [3.63, 3.8) is 0 Å². The van der Waals surface area contributed by atoms with E-state index in [0.717, 1.165) is 17.2 Å². The average molecular weight is 405 g/mol. The minimum atomic E-state index is -0.728. The smallest absolute Gasteiger partial charge is 0.315 e. The van der Waals surface area contributed by atoms with Gasteiger partial charge in [0.15, 0.2) is 5.75 Å². The van der Waals surface area contributed by atoms with Crippen LogP contribution in [0.3, 0.4) is 0 Å². The minimum absolute atomic E-state index is 0.0663. The van der Waals surface area contributed by atoms with Crippen LogP contribution in [0.2, 0.25) is 0 Å². The van der Waals surface area contributed by atoms with Crippen LogP contribution >= 0.6 is 0 Å². The maximum Gasteiger partial charge on any atom is 0.315 e. The first-order valence-corrected chi connectivity index (χ1v) is 8.99. The van der Waals surface area contributed by atoms with E-state index in [2.05, 4.69) is 10.5 Å². The van der Waals surface area contributed by atoms with Gasteiger partial charge in [-0.25, -0.2) is 5.43 Å². The van der Waals surface area contributed by atoms with E-state index in [4.69, 9.17) is 4.74 Å². The fourth-order valence-electron chi connectivity index (χ4n) is 3.00. The molecule has 0 atom stereocenters. The van der Waals surface area contributed by atoms with Gasteiger partial charge in [-0.2, -0.15) is 5.10 Å². The Balaban J connectivity index is 1.85. The number of carbonyl (C=O) groups excluding carboxylic acids is 1. The third-order valence-corrected chi connectivity index (χ3v) is 4.41. The van der Waals surface area contributed by atoms with Crippen molar-refractivity contribution in [2.75, 3.05) is 7.11 Å². The lowest BCUT2D eigenvalue weighted by Crippen LogP contribution is -2.26. The molecule has 0 spiro atoms. The number of phenolic OH excluding ortho intramolecular Hbond substituents is 1. The van der Waals surface area contributed by atoms with Gasteiger partial charge in [-0.15, -0.1) is 0 Å².